The molecule has 2 unspecified atom stereocenters. The van der Waals surface area contributed by atoms with Crippen molar-refractivity contribution in [3.8, 4) is 0 Å². The molecule has 4 rings (SSSR count). The molecular weight excluding hydrogens is 330 g/mol. The Bertz CT molecular complexity index is 731. The Morgan fingerprint density at radius 1 is 1.12 bits per heavy atom. The average Bonchev–Trinajstić information content (AvgIpc) is 2.98. The molecule has 0 bridgehead atoms. The fourth-order valence-electron chi connectivity index (χ4n) is 4.21. The standard InChI is InChI=1S/C19H27N5O2/c1-11-8-12(2)16(13(3)9-11)24-10-15-17(22-24)20-19(21-18(15)26)23-6-4-14(25)5-7-23/h8-10,14,17,19-20,22,25H,4-7H2,1-3H3,(H,21,26). The van der Waals surface area contributed by atoms with Crippen LogP contribution in [-0.4, -0.2) is 47.6 Å². The summed E-state index contributed by atoms with van der Waals surface area (Å²) >= 11 is 0. The number of nitrogens with one attached hydrogen (secondary N) is 3. The molecule has 1 amide bonds. The Morgan fingerprint density at radius 3 is 2.42 bits per heavy atom. The van der Waals surface area contributed by atoms with Crippen molar-refractivity contribution in [1.82, 2.24) is 21.0 Å². The number of aliphatic hydroxyl groups excluding tert-OH is 1. The number of likely N-dealkylation sites (tertiary alicyclic amines) is 1. The fourth-order valence-corrected chi connectivity index (χ4v) is 4.21. The van der Waals surface area contributed by atoms with Crippen molar-refractivity contribution < 1.29 is 9.90 Å². The molecule has 26 heavy (non-hydrogen) atoms. The van der Waals surface area contributed by atoms with Crippen LogP contribution in [0.1, 0.15) is 29.5 Å². The molecule has 140 valence electrons. The highest BCUT2D eigenvalue weighted by atomic mass is 16.3. The molecular formula is C19H27N5O2. The number of amides is 1. The Kier molecular flexibility index (Phi) is 4.48. The number of benzene rings is 1. The second-order valence-corrected chi connectivity index (χ2v) is 7.57. The molecule has 0 spiro atoms. The Balaban J connectivity index is 1.52. The lowest BCUT2D eigenvalue weighted by atomic mass is 10.0. The first-order valence-electron chi connectivity index (χ1n) is 9.26. The van der Waals surface area contributed by atoms with Crippen LogP contribution < -0.4 is 21.1 Å². The average molecular weight is 357 g/mol. The number of anilines is 1. The van der Waals surface area contributed by atoms with E-state index in [1.165, 1.54) is 16.7 Å². The maximum atomic E-state index is 12.6. The van der Waals surface area contributed by atoms with Crippen molar-refractivity contribution in [2.75, 3.05) is 18.1 Å². The van der Waals surface area contributed by atoms with Gasteiger partial charge in [0.25, 0.3) is 5.91 Å². The van der Waals surface area contributed by atoms with Gasteiger partial charge in [0.2, 0.25) is 0 Å². The van der Waals surface area contributed by atoms with Crippen LogP contribution in [0, 0.1) is 20.8 Å². The van der Waals surface area contributed by atoms with Crippen LogP contribution in [0.3, 0.4) is 0 Å². The minimum atomic E-state index is -0.228. The zero-order chi connectivity index (χ0) is 18.4. The third-order valence-electron chi connectivity index (χ3n) is 5.44. The van der Waals surface area contributed by atoms with E-state index >= 15 is 0 Å². The molecule has 4 N–H and O–H groups in total. The fraction of sp³-hybridized carbons (Fsp3) is 0.526. The Morgan fingerprint density at radius 2 is 1.77 bits per heavy atom. The molecule has 3 aliphatic heterocycles. The lowest BCUT2D eigenvalue weighted by Crippen LogP contribution is -2.68. The van der Waals surface area contributed by atoms with Gasteiger partial charge in [-0.2, -0.15) is 0 Å². The van der Waals surface area contributed by atoms with Gasteiger partial charge < -0.3 is 10.4 Å². The number of rotatable bonds is 2. The van der Waals surface area contributed by atoms with Crippen LogP contribution in [0.4, 0.5) is 5.69 Å². The Hall–Kier alpha value is -1.93. The van der Waals surface area contributed by atoms with E-state index in [9.17, 15) is 9.90 Å². The highest BCUT2D eigenvalue weighted by Crippen LogP contribution is 2.29. The number of carbonyl (C=O) groups excluding carboxylic acids is 1. The summed E-state index contributed by atoms with van der Waals surface area (Å²) in [5, 5.41) is 18.2. The third kappa shape index (κ3) is 3.12. The summed E-state index contributed by atoms with van der Waals surface area (Å²) in [5.74, 6) is -0.0534. The number of hydrogen-bond donors (Lipinski definition) is 4. The number of aryl methyl sites for hydroxylation is 3. The topological polar surface area (TPSA) is 79.9 Å². The normalized spacial score (nSPS) is 27.3. The van der Waals surface area contributed by atoms with Crippen molar-refractivity contribution in [2.45, 2.75) is 52.2 Å². The zero-order valence-electron chi connectivity index (χ0n) is 15.5. The summed E-state index contributed by atoms with van der Waals surface area (Å²) in [5.41, 5.74) is 8.77. The van der Waals surface area contributed by atoms with Crippen molar-refractivity contribution in [2.24, 2.45) is 0 Å². The number of aliphatic hydroxyl groups is 1. The summed E-state index contributed by atoms with van der Waals surface area (Å²) in [6.45, 7) is 7.81. The van der Waals surface area contributed by atoms with Crippen molar-refractivity contribution in [1.29, 1.82) is 0 Å². The van der Waals surface area contributed by atoms with Crippen LogP contribution in [-0.2, 0) is 4.79 Å². The predicted octanol–water partition coefficient (Wildman–Crippen LogP) is 0.606. The van der Waals surface area contributed by atoms with Crippen molar-refractivity contribution in [3.63, 3.8) is 0 Å². The van der Waals surface area contributed by atoms with Gasteiger partial charge in [-0.1, -0.05) is 17.7 Å². The van der Waals surface area contributed by atoms with E-state index in [0.717, 1.165) is 31.6 Å². The second kappa shape index (κ2) is 6.66. The van der Waals surface area contributed by atoms with E-state index in [4.69, 9.17) is 0 Å². The first kappa shape index (κ1) is 17.5. The number of hydrazine groups is 1. The Labute approximate surface area is 154 Å². The molecule has 2 saturated heterocycles. The SMILES string of the molecule is Cc1cc(C)c(N2C=C3C(=O)NC(N4CCC(O)CC4)NC3N2)c(C)c1. The number of piperidine rings is 1. The lowest BCUT2D eigenvalue weighted by molar-refractivity contribution is -0.122. The van der Waals surface area contributed by atoms with E-state index in [2.05, 4.69) is 53.9 Å². The zero-order valence-corrected chi connectivity index (χ0v) is 15.5. The smallest absolute Gasteiger partial charge is 0.254 e. The number of carbonyl (C=O) groups is 1. The van der Waals surface area contributed by atoms with Crippen molar-refractivity contribution in [3.05, 3.63) is 40.6 Å². The minimum absolute atomic E-state index is 0.0534. The monoisotopic (exact) mass is 357 g/mol. The molecule has 0 saturated carbocycles. The summed E-state index contributed by atoms with van der Waals surface area (Å²) < 4.78 is 0. The number of fused-ring (bicyclic) bond motifs is 1. The maximum Gasteiger partial charge on any atom is 0.254 e. The number of hydrogen-bond acceptors (Lipinski definition) is 6. The minimum Gasteiger partial charge on any atom is -0.393 e. The molecule has 0 radical (unpaired) electrons. The number of nitrogens with zero attached hydrogens (tertiary/aromatic N) is 2. The van der Waals surface area contributed by atoms with E-state index in [1.54, 1.807) is 0 Å². The first-order valence-corrected chi connectivity index (χ1v) is 9.26. The van der Waals surface area contributed by atoms with Crippen LogP contribution in [0.25, 0.3) is 0 Å². The molecule has 0 aliphatic carbocycles. The highest BCUT2D eigenvalue weighted by Gasteiger charge is 2.39. The van der Waals surface area contributed by atoms with Crippen molar-refractivity contribution >= 4 is 11.6 Å². The summed E-state index contributed by atoms with van der Waals surface area (Å²) in [6, 6.07) is 4.31. The van der Waals surface area contributed by atoms with Gasteiger partial charge in [0.05, 0.1) is 17.4 Å². The molecule has 1 aromatic rings. The third-order valence-corrected chi connectivity index (χ3v) is 5.44. The molecule has 2 fully saturated rings. The lowest BCUT2D eigenvalue weighted by Gasteiger charge is -2.41. The van der Waals surface area contributed by atoms with E-state index in [-0.39, 0.29) is 24.5 Å². The van der Waals surface area contributed by atoms with Crippen LogP contribution in [0.2, 0.25) is 0 Å². The molecule has 7 heteroatoms. The van der Waals surface area contributed by atoms with Gasteiger partial charge in [0.1, 0.15) is 12.5 Å². The van der Waals surface area contributed by atoms with E-state index in [1.807, 2.05) is 11.2 Å². The quantitative estimate of drug-likeness (QED) is 0.621. The summed E-state index contributed by atoms with van der Waals surface area (Å²) in [4.78, 5) is 14.8. The van der Waals surface area contributed by atoms with Crippen LogP contribution >= 0.6 is 0 Å². The van der Waals surface area contributed by atoms with Gasteiger partial charge in [0, 0.05) is 19.3 Å². The van der Waals surface area contributed by atoms with Gasteiger partial charge in [-0.15, -0.1) is 0 Å². The van der Waals surface area contributed by atoms with Gasteiger partial charge in [-0.25, -0.2) is 5.43 Å². The van der Waals surface area contributed by atoms with Gasteiger partial charge >= 0.3 is 0 Å². The second-order valence-electron chi connectivity index (χ2n) is 7.57. The van der Waals surface area contributed by atoms with Gasteiger partial charge in [-0.05, 0) is 44.7 Å². The van der Waals surface area contributed by atoms with E-state index in [0.29, 0.717) is 5.57 Å². The molecule has 0 aromatic heterocycles. The van der Waals surface area contributed by atoms with Crippen LogP contribution in [0.5, 0.6) is 0 Å². The molecule has 1 aromatic carbocycles. The molecule has 7 nitrogen and oxygen atoms in total. The first-order chi connectivity index (χ1) is 12.4. The van der Waals surface area contributed by atoms with Gasteiger partial charge in [0.15, 0.2) is 0 Å². The van der Waals surface area contributed by atoms with Crippen LogP contribution in [0.15, 0.2) is 23.9 Å². The summed E-state index contributed by atoms with van der Waals surface area (Å²) in [6.07, 6.45) is 2.69. The molecule has 3 heterocycles. The predicted molar refractivity (Wildman–Crippen MR) is 100 cm³/mol. The van der Waals surface area contributed by atoms with E-state index < -0.39 is 0 Å². The largest absolute Gasteiger partial charge is 0.393 e. The summed E-state index contributed by atoms with van der Waals surface area (Å²) in [7, 11) is 0. The molecule has 2 atom stereocenters. The maximum absolute atomic E-state index is 12.6. The molecule has 3 aliphatic rings. The van der Waals surface area contributed by atoms with Gasteiger partial charge in [-0.3, -0.25) is 20.0 Å². The highest BCUT2D eigenvalue weighted by molar-refractivity contribution is 5.96.